The number of carbonyl (C=O) groups excluding carboxylic acids is 1. The zero-order valence-electron chi connectivity index (χ0n) is 15.3. The molecule has 3 aromatic rings. The van der Waals surface area contributed by atoms with E-state index in [1.165, 1.54) is 11.1 Å². The minimum Gasteiger partial charge on any atom is -0.449 e. The van der Waals surface area contributed by atoms with Crippen LogP contribution in [-0.2, 0) is 11.3 Å². The number of nitrogens with zero attached hydrogens (tertiary/aromatic N) is 1. The van der Waals surface area contributed by atoms with Gasteiger partial charge in [0.25, 0.3) is 0 Å². The number of hydrazine groups is 1. The lowest BCUT2D eigenvalue weighted by Crippen LogP contribution is -2.37. The minimum absolute atomic E-state index is 0.289. The number of anilines is 2. The molecule has 0 aliphatic carbocycles. The lowest BCUT2D eigenvalue weighted by atomic mass is 10.1. The van der Waals surface area contributed by atoms with Gasteiger partial charge in [0.15, 0.2) is 0 Å². The third-order valence-corrected chi connectivity index (χ3v) is 4.17. The Balaban J connectivity index is 1.58. The van der Waals surface area contributed by atoms with Crippen molar-refractivity contribution in [2.24, 2.45) is 5.84 Å². The first-order valence-corrected chi connectivity index (χ1v) is 8.87. The van der Waals surface area contributed by atoms with E-state index in [0.717, 1.165) is 16.3 Å². The molecule has 0 spiro atoms. The van der Waals surface area contributed by atoms with Crippen molar-refractivity contribution in [3.05, 3.63) is 84.4 Å². The van der Waals surface area contributed by atoms with Crippen LogP contribution < -0.4 is 16.2 Å². The molecule has 0 aliphatic heterocycles. The molecule has 5 nitrogen and oxygen atoms in total. The monoisotopic (exact) mass is 361 g/mol. The molecule has 0 heterocycles. The van der Waals surface area contributed by atoms with Gasteiger partial charge in [0.2, 0.25) is 0 Å². The number of amides is 1. The third kappa shape index (κ3) is 4.86. The summed E-state index contributed by atoms with van der Waals surface area (Å²) in [7, 11) is 0. The zero-order chi connectivity index (χ0) is 19.1. The van der Waals surface area contributed by atoms with Crippen molar-refractivity contribution < 1.29 is 9.53 Å². The molecule has 0 unspecified atom stereocenters. The second-order valence-electron chi connectivity index (χ2n) is 6.03. The number of carbonyl (C=O) groups is 1. The summed E-state index contributed by atoms with van der Waals surface area (Å²) in [5.41, 5.74) is 5.11. The summed E-state index contributed by atoms with van der Waals surface area (Å²) in [6, 6.07) is 26.1. The normalized spacial score (nSPS) is 10.3. The minimum atomic E-state index is -0.568. The van der Waals surface area contributed by atoms with Crippen molar-refractivity contribution in [2.45, 2.75) is 13.5 Å². The van der Waals surface area contributed by atoms with Crippen molar-refractivity contribution >= 4 is 17.5 Å². The summed E-state index contributed by atoms with van der Waals surface area (Å²) in [6.45, 7) is 2.71. The average Bonchev–Trinajstić information content (AvgIpc) is 2.73. The summed E-state index contributed by atoms with van der Waals surface area (Å²) in [5.74, 6) is 5.74. The van der Waals surface area contributed by atoms with Gasteiger partial charge in [-0.3, -0.25) is 0 Å². The van der Waals surface area contributed by atoms with Crippen LogP contribution in [0.4, 0.5) is 16.2 Å². The van der Waals surface area contributed by atoms with Crippen molar-refractivity contribution in [1.29, 1.82) is 0 Å². The second kappa shape index (κ2) is 8.87. The number of ether oxygens (including phenoxy) is 1. The van der Waals surface area contributed by atoms with Crippen LogP contribution in [-0.4, -0.2) is 12.7 Å². The van der Waals surface area contributed by atoms with E-state index in [0.29, 0.717) is 12.2 Å². The maximum absolute atomic E-state index is 11.6. The molecule has 0 aliphatic rings. The van der Waals surface area contributed by atoms with Crippen LogP contribution in [0.3, 0.4) is 0 Å². The van der Waals surface area contributed by atoms with E-state index in [-0.39, 0.29) is 6.61 Å². The molecule has 3 rings (SSSR count). The molecule has 27 heavy (non-hydrogen) atoms. The molecule has 0 aromatic heterocycles. The Morgan fingerprint density at radius 2 is 1.56 bits per heavy atom. The second-order valence-corrected chi connectivity index (χ2v) is 6.03. The summed E-state index contributed by atoms with van der Waals surface area (Å²) < 4.78 is 4.88. The van der Waals surface area contributed by atoms with E-state index in [2.05, 4.69) is 41.7 Å². The van der Waals surface area contributed by atoms with Gasteiger partial charge in [-0.15, -0.1) is 0 Å². The van der Waals surface area contributed by atoms with E-state index in [1.54, 1.807) is 19.1 Å². The van der Waals surface area contributed by atoms with E-state index in [9.17, 15) is 4.79 Å². The number of nitrogens with one attached hydrogen (secondary N) is 1. The van der Waals surface area contributed by atoms with Gasteiger partial charge in [-0.1, -0.05) is 54.6 Å². The lowest BCUT2D eigenvalue weighted by molar-refractivity contribution is 0.160. The van der Waals surface area contributed by atoms with Crippen LogP contribution in [0, 0.1) is 0 Å². The first kappa shape index (κ1) is 18.5. The Hall–Kier alpha value is -3.31. The van der Waals surface area contributed by atoms with Gasteiger partial charge < -0.3 is 10.1 Å². The van der Waals surface area contributed by atoms with Gasteiger partial charge in [-0.05, 0) is 47.9 Å². The highest BCUT2D eigenvalue weighted by Gasteiger charge is 2.12. The van der Waals surface area contributed by atoms with Crippen molar-refractivity contribution in [1.82, 2.24) is 0 Å². The summed E-state index contributed by atoms with van der Waals surface area (Å²) in [4.78, 5) is 11.6. The first-order chi connectivity index (χ1) is 13.2. The standard InChI is InChI=1S/C22H23N3O2/c1-2-27-22(26)25(23)21-14-8-17(9-15-21)16-24-20-12-10-19(11-13-20)18-6-4-3-5-7-18/h3-15,24H,2,16,23H2,1H3. The SMILES string of the molecule is CCOC(=O)N(N)c1ccc(CNc2ccc(-c3ccccc3)cc2)cc1. The number of hydrogen-bond donors (Lipinski definition) is 2. The van der Waals surface area contributed by atoms with Crippen LogP contribution in [0.5, 0.6) is 0 Å². The van der Waals surface area contributed by atoms with Crippen molar-refractivity contribution in [3.8, 4) is 11.1 Å². The topological polar surface area (TPSA) is 67.6 Å². The zero-order valence-corrected chi connectivity index (χ0v) is 15.3. The smallest absolute Gasteiger partial charge is 0.428 e. The quantitative estimate of drug-likeness (QED) is 0.376. The highest BCUT2D eigenvalue weighted by atomic mass is 16.6. The summed E-state index contributed by atoms with van der Waals surface area (Å²) >= 11 is 0. The number of rotatable bonds is 6. The van der Waals surface area contributed by atoms with E-state index in [1.807, 2.05) is 30.3 Å². The Morgan fingerprint density at radius 1 is 0.926 bits per heavy atom. The van der Waals surface area contributed by atoms with E-state index < -0.39 is 6.09 Å². The maximum Gasteiger partial charge on any atom is 0.428 e. The van der Waals surface area contributed by atoms with Crippen molar-refractivity contribution in [2.75, 3.05) is 16.9 Å². The molecule has 138 valence electrons. The van der Waals surface area contributed by atoms with Crippen LogP contribution in [0.15, 0.2) is 78.9 Å². The maximum atomic E-state index is 11.6. The molecule has 0 saturated heterocycles. The fourth-order valence-electron chi connectivity index (χ4n) is 2.69. The summed E-state index contributed by atoms with van der Waals surface area (Å²) in [5, 5.41) is 4.40. The van der Waals surface area contributed by atoms with Crippen LogP contribution >= 0.6 is 0 Å². The lowest BCUT2D eigenvalue weighted by Gasteiger charge is -2.16. The fraction of sp³-hybridized carbons (Fsp3) is 0.136. The molecule has 0 atom stereocenters. The molecule has 1 amide bonds. The Kier molecular flexibility index (Phi) is 6.07. The van der Waals surface area contributed by atoms with Gasteiger partial charge in [-0.25, -0.2) is 15.6 Å². The van der Waals surface area contributed by atoms with Crippen molar-refractivity contribution in [3.63, 3.8) is 0 Å². The predicted molar refractivity (Wildman–Crippen MR) is 109 cm³/mol. The molecule has 0 fully saturated rings. The van der Waals surface area contributed by atoms with Gasteiger partial charge in [0.1, 0.15) is 0 Å². The Labute approximate surface area is 159 Å². The van der Waals surface area contributed by atoms with Gasteiger partial charge in [-0.2, -0.15) is 0 Å². The molecule has 3 aromatic carbocycles. The largest absolute Gasteiger partial charge is 0.449 e. The molecule has 0 bridgehead atoms. The number of benzene rings is 3. The van der Waals surface area contributed by atoms with E-state index in [4.69, 9.17) is 10.6 Å². The fourth-order valence-corrected chi connectivity index (χ4v) is 2.69. The highest BCUT2D eigenvalue weighted by Crippen LogP contribution is 2.21. The Bertz CT molecular complexity index is 862. The highest BCUT2D eigenvalue weighted by molar-refractivity contribution is 5.86. The van der Waals surface area contributed by atoms with E-state index >= 15 is 0 Å². The first-order valence-electron chi connectivity index (χ1n) is 8.87. The molecule has 0 saturated carbocycles. The number of nitrogens with two attached hydrogens (primary N) is 1. The van der Waals surface area contributed by atoms with Gasteiger partial charge in [0.05, 0.1) is 12.3 Å². The molecule has 3 N–H and O–H groups in total. The van der Waals surface area contributed by atoms with Crippen LogP contribution in [0.2, 0.25) is 0 Å². The average molecular weight is 361 g/mol. The molecular weight excluding hydrogens is 338 g/mol. The summed E-state index contributed by atoms with van der Waals surface area (Å²) in [6.07, 6.45) is -0.568. The molecule has 5 heteroatoms. The predicted octanol–water partition coefficient (Wildman–Crippen LogP) is 4.80. The molecular formula is C22H23N3O2. The molecule has 0 radical (unpaired) electrons. The Morgan fingerprint density at radius 3 is 2.19 bits per heavy atom. The van der Waals surface area contributed by atoms with Crippen LogP contribution in [0.1, 0.15) is 12.5 Å². The third-order valence-electron chi connectivity index (χ3n) is 4.17. The van der Waals surface area contributed by atoms with Crippen LogP contribution in [0.25, 0.3) is 11.1 Å². The van der Waals surface area contributed by atoms with Gasteiger partial charge in [0, 0.05) is 12.2 Å². The van der Waals surface area contributed by atoms with Gasteiger partial charge >= 0.3 is 6.09 Å². The number of hydrogen-bond acceptors (Lipinski definition) is 4.